The molecular formula is C16H19N3O2. The van der Waals surface area contributed by atoms with Crippen LogP contribution in [0.2, 0.25) is 0 Å². The third-order valence-electron chi connectivity index (χ3n) is 3.26. The number of nitrogens with zero attached hydrogens (tertiary/aromatic N) is 2. The molecule has 5 heteroatoms. The predicted octanol–water partition coefficient (Wildman–Crippen LogP) is 2.49. The van der Waals surface area contributed by atoms with Crippen molar-refractivity contribution in [3.05, 3.63) is 48.0 Å². The van der Waals surface area contributed by atoms with E-state index in [-0.39, 0.29) is 6.10 Å². The summed E-state index contributed by atoms with van der Waals surface area (Å²) in [5.74, 6) is 2.18. The van der Waals surface area contributed by atoms with Gasteiger partial charge >= 0.3 is 0 Å². The SMILES string of the molecule is CCCNCc1ccnc(C2COc3ccccc3O2)n1. The lowest BCUT2D eigenvalue weighted by molar-refractivity contribution is 0.0848. The molecule has 0 bridgehead atoms. The molecule has 1 N–H and O–H groups in total. The van der Waals surface area contributed by atoms with E-state index in [9.17, 15) is 0 Å². The van der Waals surface area contributed by atoms with E-state index in [0.717, 1.165) is 36.7 Å². The van der Waals surface area contributed by atoms with Gasteiger partial charge in [-0.05, 0) is 31.2 Å². The molecule has 0 saturated carbocycles. The Bertz CT molecular complexity index is 604. The van der Waals surface area contributed by atoms with Gasteiger partial charge in [-0.15, -0.1) is 0 Å². The topological polar surface area (TPSA) is 56.3 Å². The second-order valence-electron chi connectivity index (χ2n) is 4.95. The van der Waals surface area contributed by atoms with Crippen molar-refractivity contribution < 1.29 is 9.47 Å². The molecule has 0 spiro atoms. The summed E-state index contributed by atoms with van der Waals surface area (Å²) in [4.78, 5) is 8.88. The molecule has 0 radical (unpaired) electrons. The standard InChI is InChI=1S/C16H19N3O2/c1-2-8-17-10-12-7-9-18-16(19-12)15-11-20-13-5-3-4-6-14(13)21-15/h3-7,9,15,17H,2,8,10-11H2,1H3. The number of aromatic nitrogens is 2. The first-order valence-electron chi connectivity index (χ1n) is 7.28. The normalized spacial score (nSPS) is 16.7. The van der Waals surface area contributed by atoms with E-state index in [1.54, 1.807) is 6.20 Å². The van der Waals surface area contributed by atoms with Crippen LogP contribution in [-0.4, -0.2) is 23.1 Å². The molecule has 0 amide bonds. The minimum absolute atomic E-state index is 0.258. The molecular weight excluding hydrogens is 266 g/mol. The maximum Gasteiger partial charge on any atom is 0.192 e. The largest absolute Gasteiger partial charge is 0.485 e. The van der Waals surface area contributed by atoms with Gasteiger partial charge in [0.25, 0.3) is 0 Å². The van der Waals surface area contributed by atoms with Crippen molar-refractivity contribution in [3.8, 4) is 11.5 Å². The highest BCUT2D eigenvalue weighted by atomic mass is 16.6. The van der Waals surface area contributed by atoms with E-state index in [2.05, 4.69) is 22.2 Å². The molecule has 1 aromatic heterocycles. The Hall–Kier alpha value is -2.14. The molecule has 2 aromatic rings. The third kappa shape index (κ3) is 3.31. The van der Waals surface area contributed by atoms with Gasteiger partial charge < -0.3 is 14.8 Å². The van der Waals surface area contributed by atoms with Crippen LogP contribution in [0.4, 0.5) is 0 Å². The van der Waals surface area contributed by atoms with Crippen LogP contribution in [0.15, 0.2) is 36.5 Å². The van der Waals surface area contributed by atoms with Crippen molar-refractivity contribution in [2.75, 3.05) is 13.2 Å². The minimum Gasteiger partial charge on any atom is -0.485 e. The lowest BCUT2D eigenvalue weighted by Gasteiger charge is -2.25. The van der Waals surface area contributed by atoms with Crippen LogP contribution in [0, 0.1) is 0 Å². The van der Waals surface area contributed by atoms with Crippen LogP contribution >= 0.6 is 0 Å². The van der Waals surface area contributed by atoms with Gasteiger partial charge in [-0.1, -0.05) is 19.1 Å². The van der Waals surface area contributed by atoms with Crippen LogP contribution in [-0.2, 0) is 6.54 Å². The van der Waals surface area contributed by atoms with Crippen molar-refractivity contribution in [1.82, 2.24) is 15.3 Å². The molecule has 5 nitrogen and oxygen atoms in total. The monoisotopic (exact) mass is 285 g/mol. The highest BCUT2D eigenvalue weighted by Gasteiger charge is 2.24. The zero-order valence-electron chi connectivity index (χ0n) is 12.1. The average molecular weight is 285 g/mol. The summed E-state index contributed by atoms with van der Waals surface area (Å²) >= 11 is 0. The van der Waals surface area contributed by atoms with Gasteiger partial charge in [0.1, 0.15) is 6.61 Å². The van der Waals surface area contributed by atoms with Gasteiger partial charge in [-0.3, -0.25) is 0 Å². The lowest BCUT2D eigenvalue weighted by atomic mass is 10.2. The molecule has 1 aromatic carbocycles. The number of hydrogen-bond donors (Lipinski definition) is 1. The molecule has 21 heavy (non-hydrogen) atoms. The Morgan fingerprint density at radius 3 is 2.95 bits per heavy atom. The van der Waals surface area contributed by atoms with Crippen LogP contribution in [0.25, 0.3) is 0 Å². The molecule has 1 aliphatic rings. The molecule has 110 valence electrons. The van der Waals surface area contributed by atoms with E-state index < -0.39 is 0 Å². The molecule has 1 atom stereocenters. The third-order valence-corrected chi connectivity index (χ3v) is 3.26. The molecule has 2 heterocycles. The average Bonchev–Trinajstić information content (AvgIpc) is 2.55. The summed E-state index contributed by atoms with van der Waals surface area (Å²) in [7, 11) is 0. The van der Waals surface area contributed by atoms with E-state index in [4.69, 9.17) is 9.47 Å². The van der Waals surface area contributed by atoms with Gasteiger partial charge in [-0.2, -0.15) is 0 Å². The van der Waals surface area contributed by atoms with Crippen LogP contribution in [0.1, 0.15) is 31.0 Å². The molecule has 0 aliphatic carbocycles. The highest BCUT2D eigenvalue weighted by Crippen LogP contribution is 2.34. The Morgan fingerprint density at radius 1 is 1.24 bits per heavy atom. The lowest BCUT2D eigenvalue weighted by Crippen LogP contribution is -2.24. The Kier molecular flexibility index (Phi) is 4.31. The number of fused-ring (bicyclic) bond motifs is 1. The summed E-state index contributed by atoms with van der Waals surface area (Å²) in [6.45, 7) is 4.30. The zero-order valence-corrected chi connectivity index (χ0v) is 12.1. The second-order valence-corrected chi connectivity index (χ2v) is 4.95. The minimum atomic E-state index is -0.258. The fourth-order valence-corrected chi connectivity index (χ4v) is 2.21. The fraction of sp³-hybridized carbons (Fsp3) is 0.375. The van der Waals surface area contributed by atoms with Crippen LogP contribution in [0.5, 0.6) is 11.5 Å². The molecule has 1 unspecified atom stereocenters. The van der Waals surface area contributed by atoms with Gasteiger partial charge in [-0.25, -0.2) is 9.97 Å². The zero-order chi connectivity index (χ0) is 14.5. The smallest absolute Gasteiger partial charge is 0.192 e. The Morgan fingerprint density at radius 2 is 2.10 bits per heavy atom. The Balaban J connectivity index is 1.71. The van der Waals surface area contributed by atoms with E-state index >= 15 is 0 Å². The van der Waals surface area contributed by atoms with Gasteiger partial charge in [0, 0.05) is 12.7 Å². The highest BCUT2D eigenvalue weighted by molar-refractivity contribution is 5.41. The van der Waals surface area contributed by atoms with Crippen molar-refractivity contribution in [1.29, 1.82) is 0 Å². The summed E-state index contributed by atoms with van der Waals surface area (Å²) < 4.78 is 11.6. The predicted molar refractivity (Wildman–Crippen MR) is 79.3 cm³/mol. The van der Waals surface area contributed by atoms with Crippen molar-refractivity contribution in [2.45, 2.75) is 26.0 Å². The molecule has 3 rings (SSSR count). The number of rotatable bonds is 5. The van der Waals surface area contributed by atoms with Gasteiger partial charge in [0.2, 0.25) is 0 Å². The molecule has 0 fully saturated rings. The van der Waals surface area contributed by atoms with Crippen molar-refractivity contribution >= 4 is 0 Å². The van der Waals surface area contributed by atoms with Crippen LogP contribution in [0.3, 0.4) is 0 Å². The Labute approximate surface area is 124 Å². The number of benzene rings is 1. The van der Waals surface area contributed by atoms with E-state index in [1.807, 2.05) is 30.3 Å². The maximum atomic E-state index is 5.93. The first kappa shape index (κ1) is 13.8. The summed E-state index contributed by atoms with van der Waals surface area (Å²) in [6.07, 6.45) is 2.62. The fourth-order valence-electron chi connectivity index (χ4n) is 2.21. The van der Waals surface area contributed by atoms with Gasteiger partial charge in [0.15, 0.2) is 23.4 Å². The summed E-state index contributed by atoms with van der Waals surface area (Å²) in [6, 6.07) is 9.57. The number of nitrogens with one attached hydrogen (secondary N) is 1. The van der Waals surface area contributed by atoms with Gasteiger partial charge in [0.05, 0.1) is 5.69 Å². The number of hydrogen-bond acceptors (Lipinski definition) is 5. The number of para-hydroxylation sites is 2. The quantitative estimate of drug-likeness (QED) is 0.855. The van der Waals surface area contributed by atoms with E-state index in [1.165, 1.54) is 0 Å². The summed E-state index contributed by atoms with van der Waals surface area (Å²) in [5, 5.41) is 3.33. The number of ether oxygens (including phenoxy) is 2. The molecule has 1 aliphatic heterocycles. The van der Waals surface area contributed by atoms with Crippen LogP contribution < -0.4 is 14.8 Å². The van der Waals surface area contributed by atoms with Crippen molar-refractivity contribution in [3.63, 3.8) is 0 Å². The molecule has 0 saturated heterocycles. The first-order valence-corrected chi connectivity index (χ1v) is 7.28. The first-order chi connectivity index (χ1) is 10.4. The van der Waals surface area contributed by atoms with E-state index in [0.29, 0.717) is 12.4 Å². The maximum absolute atomic E-state index is 5.93. The second kappa shape index (κ2) is 6.54. The summed E-state index contributed by atoms with van der Waals surface area (Å²) in [5.41, 5.74) is 0.968. The van der Waals surface area contributed by atoms with Crippen molar-refractivity contribution in [2.24, 2.45) is 0 Å².